The van der Waals surface area contributed by atoms with Gasteiger partial charge in [0, 0.05) is 10.9 Å². The zero-order chi connectivity index (χ0) is 15.0. The Morgan fingerprint density at radius 3 is 2.62 bits per heavy atom. The number of hydrogen-bond acceptors (Lipinski definition) is 1. The van der Waals surface area contributed by atoms with Crippen LogP contribution in [0.5, 0.6) is 0 Å². The van der Waals surface area contributed by atoms with Crippen molar-refractivity contribution in [2.24, 2.45) is 5.92 Å². The lowest BCUT2D eigenvalue weighted by Gasteiger charge is -2.07. The topological polar surface area (TPSA) is 29.1 Å². The number of halogens is 3. The summed E-state index contributed by atoms with van der Waals surface area (Å²) in [5, 5.41) is 3.61. The molecule has 2 atom stereocenters. The van der Waals surface area contributed by atoms with E-state index in [1.165, 1.54) is 18.2 Å². The minimum Gasteiger partial charge on any atom is -0.325 e. The summed E-state index contributed by atoms with van der Waals surface area (Å²) in [6.45, 7) is 0. The lowest BCUT2D eigenvalue weighted by atomic mass is 10.1. The van der Waals surface area contributed by atoms with Crippen LogP contribution in [-0.2, 0) is 4.79 Å². The van der Waals surface area contributed by atoms with Crippen LogP contribution < -0.4 is 5.32 Å². The molecular formula is C16H12Cl2FNO. The van der Waals surface area contributed by atoms with E-state index in [2.05, 4.69) is 5.32 Å². The Morgan fingerprint density at radius 2 is 1.90 bits per heavy atom. The SMILES string of the molecule is O=C(Nc1ccc(F)cc1Cl)C1CC1c1ccccc1Cl. The Bertz CT molecular complexity index is 704. The second-order valence-electron chi connectivity index (χ2n) is 5.08. The van der Waals surface area contributed by atoms with Crippen LogP contribution in [0.1, 0.15) is 17.9 Å². The Balaban J connectivity index is 1.70. The predicted octanol–water partition coefficient (Wildman–Crippen LogP) is 4.87. The molecule has 5 heteroatoms. The molecule has 1 aliphatic rings. The van der Waals surface area contributed by atoms with Crippen LogP contribution in [0.15, 0.2) is 42.5 Å². The monoisotopic (exact) mass is 323 g/mol. The molecular weight excluding hydrogens is 312 g/mol. The van der Waals surface area contributed by atoms with Gasteiger partial charge in [-0.05, 0) is 42.2 Å². The van der Waals surface area contributed by atoms with Crippen molar-refractivity contribution in [2.45, 2.75) is 12.3 Å². The number of benzene rings is 2. The minimum absolute atomic E-state index is 0.117. The molecule has 2 aromatic rings. The standard InChI is InChI=1S/C16H12Cl2FNO/c17-13-4-2-1-3-10(13)11-8-12(11)16(21)20-15-6-5-9(19)7-14(15)18/h1-7,11-12H,8H2,(H,20,21). The first-order valence-electron chi connectivity index (χ1n) is 6.56. The second kappa shape index (κ2) is 5.66. The fourth-order valence-electron chi connectivity index (χ4n) is 2.42. The first kappa shape index (κ1) is 14.4. The molecule has 0 saturated heterocycles. The molecule has 0 radical (unpaired) electrons. The second-order valence-corrected chi connectivity index (χ2v) is 5.90. The average molecular weight is 324 g/mol. The first-order chi connectivity index (χ1) is 10.1. The van der Waals surface area contributed by atoms with Crippen molar-refractivity contribution in [3.05, 3.63) is 63.9 Å². The third kappa shape index (κ3) is 3.04. The number of carbonyl (C=O) groups is 1. The molecule has 1 saturated carbocycles. The molecule has 1 amide bonds. The summed E-state index contributed by atoms with van der Waals surface area (Å²) in [6, 6.07) is 11.4. The number of nitrogens with one attached hydrogen (secondary N) is 1. The zero-order valence-electron chi connectivity index (χ0n) is 10.9. The fraction of sp³-hybridized carbons (Fsp3) is 0.188. The molecule has 0 spiro atoms. The van der Waals surface area contributed by atoms with Gasteiger partial charge < -0.3 is 5.32 Å². The zero-order valence-corrected chi connectivity index (χ0v) is 12.5. The lowest BCUT2D eigenvalue weighted by Crippen LogP contribution is -2.15. The smallest absolute Gasteiger partial charge is 0.228 e. The van der Waals surface area contributed by atoms with E-state index < -0.39 is 5.82 Å². The molecule has 1 aliphatic carbocycles. The van der Waals surface area contributed by atoms with Crippen molar-refractivity contribution in [1.29, 1.82) is 0 Å². The quantitative estimate of drug-likeness (QED) is 0.857. The van der Waals surface area contributed by atoms with Gasteiger partial charge in [0.1, 0.15) is 5.82 Å². The van der Waals surface area contributed by atoms with E-state index in [0.29, 0.717) is 10.7 Å². The predicted molar refractivity (Wildman–Crippen MR) is 82.3 cm³/mol. The van der Waals surface area contributed by atoms with Gasteiger partial charge in [-0.25, -0.2) is 4.39 Å². The third-order valence-electron chi connectivity index (χ3n) is 3.62. The normalized spacial score (nSPS) is 20.1. The molecule has 21 heavy (non-hydrogen) atoms. The van der Waals surface area contributed by atoms with E-state index >= 15 is 0 Å². The van der Waals surface area contributed by atoms with Gasteiger partial charge in [0.15, 0.2) is 0 Å². The van der Waals surface area contributed by atoms with Gasteiger partial charge in [0.05, 0.1) is 10.7 Å². The molecule has 108 valence electrons. The average Bonchev–Trinajstić information content (AvgIpc) is 3.23. The maximum absolute atomic E-state index is 13.0. The number of hydrogen-bond donors (Lipinski definition) is 1. The number of amides is 1. The summed E-state index contributed by atoms with van der Waals surface area (Å²) in [4.78, 5) is 12.2. The van der Waals surface area contributed by atoms with Crippen LogP contribution in [0.4, 0.5) is 10.1 Å². The highest BCUT2D eigenvalue weighted by Gasteiger charge is 2.44. The fourth-order valence-corrected chi connectivity index (χ4v) is 2.91. The van der Waals surface area contributed by atoms with E-state index in [4.69, 9.17) is 23.2 Å². The van der Waals surface area contributed by atoms with E-state index in [9.17, 15) is 9.18 Å². The summed E-state index contributed by atoms with van der Waals surface area (Å²) >= 11 is 12.0. The van der Waals surface area contributed by atoms with Gasteiger partial charge in [-0.1, -0.05) is 41.4 Å². The summed E-state index contributed by atoms with van der Waals surface area (Å²) in [5.41, 5.74) is 1.41. The molecule has 1 fully saturated rings. The Labute approximate surface area is 131 Å². The number of carbonyl (C=O) groups excluding carboxylic acids is 1. The Hall–Kier alpha value is -1.58. The van der Waals surface area contributed by atoms with Crippen LogP contribution >= 0.6 is 23.2 Å². The van der Waals surface area contributed by atoms with E-state index in [1.807, 2.05) is 24.3 Å². The maximum Gasteiger partial charge on any atom is 0.228 e. The molecule has 0 aliphatic heterocycles. The van der Waals surface area contributed by atoms with Crippen LogP contribution in [-0.4, -0.2) is 5.91 Å². The van der Waals surface area contributed by atoms with Gasteiger partial charge in [-0.3, -0.25) is 4.79 Å². The third-order valence-corrected chi connectivity index (χ3v) is 4.28. The van der Waals surface area contributed by atoms with Crippen LogP contribution in [0.2, 0.25) is 10.0 Å². The van der Waals surface area contributed by atoms with Crippen molar-refractivity contribution in [1.82, 2.24) is 0 Å². The molecule has 2 aromatic carbocycles. The first-order valence-corrected chi connectivity index (χ1v) is 7.32. The largest absolute Gasteiger partial charge is 0.325 e. The minimum atomic E-state index is -0.432. The van der Waals surface area contributed by atoms with Crippen molar-refractivity contribution in [3.8, 4) is 0 Å². The van der Waals surface area contributed by atoms with E-state index in [1.54, 1.807) is 0 Å². The Kier molecular flexibility index (Phi) is 3.87. The van der Waals surface area contributed by atoms with Crippen LogP contribution in [0.25, 0.3) is 0 Å². The lowest BCUT2D eigenvalue weighted by molar-refractivity contribution is -0.117. The highest BCUT2D eigenvalue weighted by molar-refractivity contribution is 6.33. The van der Waals surface area contributed by atoms with Crippen molar-refractivity contribution in [3.63, 3.8) is 0 Å². The molecule has 2 nitrogen and oxygen atoms in total. The van der Waals surface area contributed by atoms with Crippen molar-refractivity contribution < 1.29 is 9.18 Å². The Morgan fingerprint density at radius 1 is 1.14 bits per heavy atom. The van der Waals surface area contributed by atoms with E-state index in [-0.39, 0.29) is 22.8 Å². The molecule has 0 heterocycles. The highest BCUT2D eigenvalue weighted by atomic mass is 35.5. The van der Waals surface area contributed by atoms with Gasteiger partial charge >= 0.3 is 0 Å². The van der Waals surface area contributed by atoms with Gasteiger partial charge in [-0.2, -0.15) is 0 Å². The molecule has 0 bridgehead atoms. The molecule has 3 rings (SSSR count). The summed E-state index contributed by atoms with van der Waals surface area (Å²) < 4.78 is 13.0. The summed E-state index contributed by atoms with van der Waals surface area (Å²) in [7, 11) is 0. The van der Waals surface area contributed by atoms with Crippen molar-refractivity contribution >= 4 is 34.8 Å². The van der Waals surface area contributed by atoms with E-state index in [0.717, 1.165) is 12.0 Å². The molecule has 2 unspecified atom stereocenters. The number of rotatable bonds is 3. The summed E-state index contributed by atoms with van der Waals surface area (Å²) in [6.07, 6.45) is 0.758. The maximum atomic E-state index is 13.0. The van der Waals surface area contributed by atoms with Crippen LogP contribution in [0.3, 0.4) is 0 Å². The van der Waals surface area contributed by atoms with Crippen molar-refractivity contribution in [2.75, 3.05) is 5.32 Å². The van der Waals surface area contributed by atoms with Gasteiger partial charge in [-0.15, -0.1) is 0 Å². The molecule has 1 N–H and O–H groups in total. The van der Waals surface area contributed by atoms with Crippen LogP contribution in [0, 0.1) is 11.7 Å². The van der Waals surface area contributed by atoms with Gasteiger partial charge in [0.25, 0.3) is 0 Å². The molecule has 0 aromatic heterocycles. The summed E-state index contributed by atoms with van der Waals surface area (Å²) in [5.74, 6) is -0.532. The van der Waals surface area contributed by atoms with Gasteiger partial charge in [0.2, 0.25) is 5.91 Å². The number of anilines is 1. The highest BCUT2D eigenvalue weighted by Crippen LogP contribution is 2.50.